The molecule has 232 valence electrons. The molecule has 1 saturated heterocycles. The quantitative estimate of drug-likeness (QED) is 0.333. The third-order valence-electron chi connectivity index (χ3n) is 7.52. The summed E-state index contributed by atoms with van der Waals surface area (Å²) in [5.41, 5.74) is 3.70. The molecular formula is C32H40N8O4. The standard InChI is InChI=1S/C32H40N8O4/c1-19(2)40-28-25(18-35-40)23(29(41)34-17-24-20(3)14-21(4)36-30(24)42)15-26(37-28)22-8-9-27(33-16-22)38-10-12-39(13-11-38)31(43)44-32(5,6)7/h8-9,14-16,18-19H,10-13,17H2,1-7H3,(H,34,41)(H,36,42). The third-order valence-corrected chi connectivity index (χ3v) is 7.52. The summed E-state index contributed by atoms with van der Waals surface area (Å²) in [5.74, 6) is 0.469. The lowest BCUT2D eigenvalue weighted by molar-refractivity contribution is 0.0240. The van der Waals surface area contributed by atoms with Gasteiger partial charge >= 0.3 is 6.09 Å². The van der Waals surface area contributed by atoms with Crippen LogP contribution in [-0.2, 0) is 11.3 Å². The molecule has 0 spiro atoms. The van der Waals surface area contributed by atoms with Crippen molar-refractivity contribution in [1.29, 1.82) is 0 Å². The molecule has 2 amide bonds. The number of H-pyrrole nitrogens is 1. The van der Waals surface area contributed by atoms with Crippen LogP contribution in [0.4, 0.5) is 10.6 Å². The molecule has 12 nitrogen and oxygen atoms in total. The topological polar surface area (TPSA) is 138 Å². The smallest absolute Gasteiger partial charge is 0.410 e. The number of hydrogen-bond acceptors (Lipinski definition) is 8. The summed E-state index contributed by atoms with van der Waals surface area (Å²) in [4.78, 5) is 54.7. The molecular weight excluding hydrogens is 560 g/mol. The molecule has 0 saturated carbocycles. The van der Waals surface area contributed by atoms with Crippen LogP contribution in [0, 0.1) is 13.8 Å². The van der Waals surface area contributed by atoms with E-state index >= 15 is 0 Å². The highest BCUT2D eigenvalue weighted by atomic mass is 16.6. The maximum Gasteiger partial charge on any atom is 0.410 e. The van der Waals surface area contributed by atoms with Gasteiger partial charge in [0, 0.05) is 61.8 Å². The van der Waals surface area contributed by atoms with E-state index in [1.165, 1.54) is 0 Å². The molecule has 0 atom stereocenters. The number of pyridine rings is 3. The number of carbonyl (C=O) groups is 2. The van der Waals surface area contributed by atoms with Crippen molar-refractivity contribution in [2.24, 2.45) is 0 Å². The summed E-state index contributed by atoms with van der Waals surface area (Å²) in [5, 5.41) is 8.05. The second-order valence-electron chi connectivity index (χ2n) is 12.5. The Hall–Kier alpha value is -4.74. The first-order valence-corrected chi connectivity index (χ1v) is 14.9. The summed E-state index contributed by atoms with van der Waals surface area (Å²) >= 11 is 0. The lowest BCUT2D eigenvalue weighted by Crippen LogP contribution is -2.50. The van der Waals surface area contributed by atoms with Crippen molar-refractivity contribution in [2.45, 2.75) is 66.7 Å². The van der Waals surface area contributed by atoms with Gasteiger partial charge in [0.15, 0.2) is 5.65 Å². The molecule has 0 unspecified atom stereocenters. The molecule has 0 radical (unpaired) electrons. The Bertz CT molecular complexity index is 1740. The second-order valence-corrected chi connectivity index (χ2v) is 12.5. The zero-order chi connectivity index (χ0) is 31.8. The fourth-order valence-corrected chi connectivity index (χ4v) is 5.27. The van der Waals surface area contributed by atoms with Gasteiger partial charge in [-0.15, -0.1) is 0 Å². The van der Waals surface area contributed by atoms with Crippen molar-refractivity contribution in [3.8, 4) is 11.3 Å². The number of carbonyl (C=O) groups excluding carboxylic acids is 2. The van der Waals surface area contributed by atoms with Crippen LogP contribution in [0.5, 0.6) is 0 Å². The molecule has 1 aliphatic rings. The zero-order valence-corrected chi connectivity index (χ0v) is 26.4. The van der Waals surface area contributed by atoms with E-state index in [1.54, 1.807) is 28.0 Å². The Morgan fingerprint density at radius 1 is 1.07 bits per heavy atom. The Morgan fingerprint density at radius 2 is 1.80 bits per heavy atom. The monoisotopic (exact) mass is 600 g/mol. The van der Waals surface area contributed by atoms with Crippen LogP contribution in [0.15, 0.2) is 41.5 Å². The Labute approximate surface area is 256 Å². The number of anilines is 1. The van der Waals surface area contributed by atoms with Gasteiger partial charge in [-0.05, 0) is 78.3 Å². The number of piperazine rings is 1. The van der Waals surface area contributed by atoms with Crippen molar-refractivity contribution in [3.05, 3.63) is 69.4 Å². The highest BCUT2D eigenvalue weighted by Crippen LogP contribution is 2.27. The fourth-order valence-electron chi connectivity index (χ4n) is 5.27. The summed E-state index contributed by atoms with van der Waals surface area (Å²) in [6.45, 7) is 15.7. The van der Waals surface area contributed by atoms with Gasteiger partial charge in [0.05, 0.1) is 22.8 Å². The number of aromatic nitrogens is 5. The summed E-state index contributed by atoms with van der Waals surface area (Å²) in [7, 11) is 0. The molecule has 4 aromatic heterocycles. The van der Waals surface area contributed by atoms with Gasteiger partial charge in [-0.25, -0.2) is 19.4 Å². The number of amides is 2. The van der Waals surface area contributed by atoms with Crippen LogP contribution < -0.4 is 15.8 Å². The summed E-state index contributed by atoms with van der Waals surface area (Å²) < 4.78 is 7.29. The number of aryl methyl sites for hydroxylation is 2. The van der Waals surface area contributed by atoms with Crippen LogP contribution in [0.3, 0.4) is 0 Å². The number of fused-ring (bicyclic) bond motifs is 1. The highest BCUT2D eigenvalue weighted by Gasteiger charge is 2.26. The number of hydrogen-bond donors (Lipinski definition) is 2. The minimum absolute atomic E-state index is 0.0276. The average Bonchev–Trinajstić information content (AvgIpc) is 3.40. The van der Waals surface area contributed by atoms with Gasteiger partial charge < -0.3 is 24.8 Å². The van der Waals surface area contributed by atoms with E-state index in [1.807, 2.05) is 66.7 Å². The van der Waals surface area contributed by atoms with E-state index in [4.69, 9.17) is 14.7 Å². The number of aromatic amines is 1. The minimum atomic E-state index is -0.532. The number of ether oxygens (including phenoxy) is 1. The maximum absolute atomic E-state index is 13.5. The lowest BCUT2D eigenvalue weighted by atomic mass is 10.1. The van der Waals surface area contributed by atoms with Gasteiger partial charge in [-0.3, -0.25) is 9.59 Å². The zero-order valence-electron chi connectivity index (χ0n) is 26.4. The van der Waals surface area contributed by atoms with Crippen LogP contribution >= 0.6 is 0 Å². The third kappa shape index (κ3) is 6.58. The van der Waals surface area contributed by atoms with E-state index < -0.39 is 5.60 Å². The highest BCUT2D eigenvalue weighted by molar-refractivity contribution is 6.06. The average molecular weight is 601 g/mol. The van der Waals surface area contributed by atoms with Crippen molar-refractivity contribution in [2.75, 3.05) is 31.1 Å². The van der Waals surface area contributed by atoms with E-state index in [0.29, 0.717) is 54.0 Å². The van der Waals surface area contributed by atoms with Crippen LogP contribution in [-0.4, -0.2) is 73.4 Å². The molecule has 1 fully saturated rings. The summed E-state index contributed by atoms with van der Waals surface area (Å²) in [6, 6.07) is 7.52. The number of nitrogens with one attached hydrogen (secondary N) is 2. The minimum Gasteiger partial charge on any atom is -0.444 e. The van der Waals surface area contributed by atoms with Gasteiger partial charge in [0.1, 0.15) is 11.4 Å². The Balaban J connectivity index is 1.37. The van der Waals surface area contributed by atoms with Crippen molar-refractivity contribution in [1.82, 2.24) is 34.9 Å². The molecule has 4 aromatic rings. The predicted octanol–water partition coefficient (Wildman–Crippen LogP) is 4.37. The van der Waals surface area contributed by atoms with Crippen molar-refractivity contribution >= 4 is 28.9 Å². The molecule has 2 N–H and O–H groups in total. The van der Waals surface area contributed by atoms with E-state index in [0.717, 1.165) is 22.6 Å². The van der Waals surface area contributed by atoms with Crippen LogP contribution in [0.2, 0.25) is 0 Å². The van der Waals surface area contributed by atoms with Crippen LogP contribution in [0.1, 0.15) is 67.8 Å². The van der Waals surface area contributed by atoms with Crippen LogP contribution in [0.25, 0.3) is 22.3 Å². The van der Waals surface area contributed by atoms with Gasteiger partial charge in [0.2, 0.25) is 0 Å². The fraction of sp³-hybridized carbons (Fsp3) is 0.438. The second kappa shape index (κ2) is 12.1. The molecule has 12 heteroatoms. The Kier molecular flexibility index (Phi) is 8.44. The van der Waals surface area contributed by atoms with Crippen molar-refractivity contribution in [3.63, 3.8) is 0 Å². The normalized spacial score (nSPS) is 13.9. The largest absolute Gasteiger partial charge is 0.444 e. The van der Waals surface area contributed by atoms with Gasteiger partial charge in [-0.1, -0.05) is 0 Å². The number of nitrogens with zero attached hydrogens (tertiary/aromatic N) is 6. The lowest BCUT2D eigenvalue weighted by Gasteiger charge is -2.36. The first kappa shape index (κ1) is 30.7. The van der Waals surface area contributed by atoms with Gasteiger partial charge in [0.25, 0.3) is 11.5 Å². The Morgan fingerprint density at radius 3 is 2.41 bits per heavy atom. The molecule has 0 bridgehead atoms. The molecule has 0 aliphatic carbocycles. The first-order valence-electron chi connectivity index (χ1n) is 14.9. The molecule has 5 rings (SSSR count). The molecule has 44 heavy (non-hydrogen) atoms. The maximum atomic E-state index is 13.5. The van der Waals surface area contributed by atoms with E-state index in [2.05, 4.69) is 20.3 Å². The SMILES string of the molecule is Cc1cc(C)c(CNC(=O)c2cc(-c3ccc(N4CCN(C(=O)OC(C)(C)C)CC4)nc3)nc3c2cnn3C(C)C)c(=O)[nH]1. The number of rotatable bonds is 6. The predicted molar refractivity (Wildman–Crippen MR) is 169 cm³/mol. The molecule has 5 heterocycles. The van der Waals surface area contributed by atoms with Crippen molar-refractivity contribution < 1.29 is 14.3 Å². The summed E-state index contributed by atoms with van der Waals surface area (Å²) in [6.07, 6.45) is 3.10. The first-order chi connectivity index (χ1) is 20.8. The van der Waals surface area contributed by atoms with E-state index in [-0.39, 0.29) is 30.1 Å². The van der Waals surface area contributed by atoms with E-state index in [9.17, 15) is 14.4 Å². The molecule has 1 aliphatic heterocycles. The van der Waals surface area contributed by atoms with Gasteiger partial charge in [-0.2, -0.15) is 5.10 Å². The molecule has 0 aromatic carbocycles.